The monoisotopic (exact) mass is 643 g/mol. The highest BCUT2D eigenvalue weighted by Gasteiger charge is 2.35. The molecule has 4 rings (SSSR count). The molecule has 0 radical (unpaired) electrons. The number of sulfonamides is 1. The van der Waals surface area contributed by atoms with Crippen LogP contribution in [0.4, 0.5) is 18.9 Å². The van der Waals surface area contributed by atoms with Crippen molar-refractivity contribution in [2.24, 2.45) is 0 Å². The third kappa shape index (κ3) is 7.86. The van der Waals surface area contributed by atoms with Crippen molar-refractivity contribution >= 4 is 67.0 Å². The molecule has 1 heterocycles. The van der Waals surface area contributed by atoms with Crippen molar-refractivity contribution in [2.45, 2.75) is 12.7 Å². The number of benzene rings is 3. The Labute approximate surface area is 236 Å². The van der Waals surface area contributed by atoms with Crippen LogP contribution >= 0.6 is 39.1 Å². The molecule has 0 aliphatic carbocycles. The van der Waals surface area contributed by atoms with Gasteiger partial charge in [-0.2, -0.15) is 13.2 Å². The molecule has 1 aromatic heterocycles. The fraction of sp³-hybridized carbons (Fsp3) is 0.115. The summed E-state index contributed by atoms with van der Waals surface area (Å²) in [7, 11) is -4.57. The van der Waals surface area contributed by atoms with Gasteiger partial charge in [-0.3, -0.25) is 4.72 Å². The molecular weight excluding hydrogens is 626 g/mol. The van der Waals surface area contributed by atoms with Gasteiger partial charge in [-0.05, 0) is 59.7 Å². The Balaban J connectivity index is 1.61. The fourth-order valence-electron chi connectivity index (χ4n) is 3.57. The lowest BCUT2D eigenvalue weighted by atomic mass is 10.2. The lowest BCUT2D eigenvalue weighted by Gasteiger charge is -2.11. The Bertz CT molecular complexity index is 1570. The molecule has 4 aromatic rings. The molecule has 0 fully saturated rings. The van der Waals surface area contributed by atoms with Crippen LogP contribution in [0.5, 0.6) is 0 Å². The Morgan fingerprint density at radius 2 is 1.66 bits per heavy atom. The predicted octanol–water partition coefficient (Wildman–Crippen LogP) is 8.14. The maximum Gasteiger partial charge on any atom is 0.404 e. The van der Waals surface area contributed by atoms with Crippen molar-refractivity contribution in [3.8, 4) is 11.3 Å². The van der Waals surface area contributed by atoms with E-state index in [1.807, 2.05) is 51.9 Å². The van der Waals surface area contributed by atoms with E-state index in [0.29, 0.717) is 33.7 Å². The van der Waals surface area contributed by atoms with Crippen LogP contribution in [0.3, 0.4) is 0 Å². The Morgan fingerprint density at radius 3 is 2.29 bits per heavy atom. The van der Waals surface area contributed by atoms with Gasteiger partial charge in [0, 0.05) is 33.5 Å². The highest BCUT2D eigenvalue weighted by atomic mass is 79.9. The predicted molar refractivity (Wildman–Crippen MR) is 150 cm³/mol. The van der Waals surface area contributed by atoms with E-state index in [1.165, 1.54) is 12.1 Å². The van der Waals surface area contributed by atoms with Crippen molar-refractivity contribution in [3.63, 3.8) is 0 Å². The van der Waals surface area contributed by atoms with E-state index in [9.17, 15) is 21.6 Å². The lowest BCUT2D eigenvalue weighted by molar-refractivity contribution is -0.106. The summed E-state index contributed by atoms with van der Waals surface area (Å²) < 4.78 is 65.8. The minimum Gasteiger partial charge on any atom is -0.326 e. The number of aromatic nitrogens is 2. The average Bonchev–Trinajstić information content (AvgIpc) is 3.20. The van der Waals surface area contributed by atoms with E-state index in [-0.39, 0.29) is 5.69 Å². The summed E-state index contributed by atoms with van der Waals surface area (Å²) in [6, 6.07) is 19.0. The second-order valence-corrected chi connectivity index (χ2v) is 11.8. The third-order valence-corrected chi connectivity index (χ3v) is 7.57. The van der Waals surface area contributed by atoms with Crippen LogP contribution in [0.2, 0.25) is 10.0 Å². The molecule has 0 saturated carbocycles. The zero-order valence-electron chi connectivity index (χ0n) is 19.4. The minimum absolute atomic E-state index is 0.0348. The van der Waals surface area contributed by atoms with E-state index >= 15 is 0 Å². The van der Waals surface area contributed by atoms with Gasteiger partial charge < -0.3 is 4.57 Å². The van der Waals surface area contributed by atoms with E-state index in [0.717, 1.165) is 15.6 Å². The topological polar surface area (TPSA) is 64.0 Å². The number of hydrogen-bond acceptors (Lipinski definition) is 3. The molecule has 12 heteroatoms. The molecular formula is C26H19BrCl2F3N3O2S. The molecule has 0 amide bonds. The summed E-state index contributed by atoms with van der Waals surface area (Å²) in [5, 5.41) is 0.945. The SMILES string of the molecule is O=S(=O)(CC(F)(F)F)Nc1ccc(Cn2cc(-c3ccc(Cl)cc3Cl)nc2C=Cc2ccc(Br)cc2)cc1. The number of hydrogen-bond donors (Lipinski definition) is 1. The summed E-state index contributed by atoms with van der Waals surface area (Å²) in [4.78, 5) is 4.74. The normalized spacial score (nSPS) is 12.3. The first-order valence-electron chi connectivity index (χ1n) is 11.0. The van der Waals surface area contributed by atoms with Gasteiger partial charge in [-0.1, -0.05) is 69.5 Å². The highest BCUT2D eigenvalue weighted by Crippen LogP contribution is 2.30. The summed E-state index contributed by atoms with van der Waals surface area (Å²) in [5.41, 5.74) is 3.09. The smallest absolute Gasteiger partial charge is 0.326 e. The number of halogens is 6. The van der Waals surface area contributed by atoms with Crippen LogP contribution < -0.4 is 4.72 Å². The van der Waals surface area contributed by atoms with Gasteiger partial charge >= 0.3 is 6.18 Å². The van der Waals surface area contributed by atoms with Crippen LogP contribution in [0.25, 0.3) is 23.4 Å². The van der Waals surface area contributed by atoms with Crippen molar-refractivity contribution in [1.29, 1.82) is 0 Å². The number of imidazole rings is 1. The Hall–Kier alpha value is -2.79. The molecule has 0 unspecified atom stereocenters. The molecule has 0 atom stereocenters. The molecule has 0 aliphatic rings. The molecule has 198 valence electrons. The van der Waals surface area contributed by atoms with E-state index < -0.39 is 22.0 Å². The summed E-state index contributed by atoms with van der Waals surface area (Å²) in [6.45, 7) is 0.355. The van der Waals surface area contributed by atoms with E-state index in [2.05, 4.69) is 15.9 Å². The first-order valence-corrected chi connectivity index (χ1v) is 14.2. The van der Waals surface area contributed by atoms with Crippen LogP contribution in [0.15, 0.2) is 77.4 Å². The molecule has 1 N–H and O–H groups in total. The highest BCUT2D eigenvalue weighted by molar-refractivity contribution is 9.10. The number of alkyl halides is 3. The van der Waals surface area contributed by atoms with Crippen LogP contribution in [-0.2, 0) is 16.6 Å². The van der Waals surface area contributed by atoms with Crippen molar-refractivity contribution in [3.05, 3.63) is 104 Å². The maximum absolute atomic E-state index is 12.5. The number of nitrogens with zero attached hydrogens (tertiary/aromatic N) is 2. The summed E-state index contributed by atoms with van der Waals surface area (Å²) in [5.74, 6) is -1.33. The van der Waals surface area contributed by atoms with E-state index in [1.54, 1.807) is 30.3 Å². The number of nitrogens with one attached hydrogen (secondary N) is 1. The lowest BCUT2D eigenvalue weighted by Crippen LogP contribution is -2.27. The maximum atomic E-state index is 12.5. The average molecular weight is 645 g/mol. The molecule has 0 saturated heterocycles. The molecule has 38 heavy (non-hydrogen) atoms. The van der Waals surface area contributed by atoms with Crippen LogP contribution in [0.1, 0.15) is 17.0 Å². The molecule has 0 bridgehead atoms. The van der Waals surface area contributed by atoms with Crippen molar-refractivity contribution < 1.29 is 21.6 Å². The van der Waals surface area contributed by atoms with Crippen LogP contribution in [-0.4, -0.2) is 29.9 Å². The first-order chi connectivity index (χ1) is 17.9. The van der Waals surface area contributed by atoms with Crippen molar-refractivity contribution in [1.82, 2.24) is 9.55 Å². The third-order valence-electron chi connectivity index (χ3n) is 5.24. The Kier molecular flexibility index (Phi) is 8.56. The molecule has 0 aliphatic heterocycles. The first kappa shape index (κ1) is 28.2. The van der Waals surface area contributed by atoms with Gasteiger partial charge in [0.1, 0.15) is 5.82 Å². The standard InChI is InChI=1S/C26H19BrCl2F3N3O2S/c27-19-6-1-17(2-7-19)5-12-25-33-24(22-11-8-20(28)13-23(22)29)15-35(25)14-18-3-9-21(10-4-18)34-38(36,37)16-26(30,31)32/h1-13,15,34H,14,16H2. The minimum atomic E-state index is -4.84. The van der Waals surface area contributed by atoms with Gasteiger partial charge in [0.15, 0.2) is 5.75 Å². The largest absolute Gasteiger partial charge is 0.404 e. The van der Waals surface area contributed by atoms with Gasteiger partial charge in [-0.25, -0.2) is 13.4 Å². The quantitative estimate of drug-likeness (QED) is 0.211. The molecule has 3 aromatic carbocycles. The second kappa shape index (κ2) is 11.5. The Morgan fingerprint density at radius 1 is 0.974 bits per heavy atom. The van der Waals surface area contributed by atoms with Gasteiger partial charge in [0.25, 0.3) is 0 Å². The zero-order valence-corrected chi connectivity index (χ0v) is 23.3. The fourth-order valence-corrected chi connectivity index (χ4v) is 5.34. The molecule has 0 spiro atoms. The van der Waals surface area contributed by atoms with Crippen molar-refractivity contribution in [2.75, 3.05) is 10.5 Å². The number of rotatable bonds is 8. The van der Waals surface area contributed by atoms with E-state index in [4.69, 9.17) is 28.2 Å². The van der Waals surface area contributed by atoms with Gasteiger partial charge in [0.05, 0.1) is 10.7 Å². The zero-order chi connectivity index (χ0) is 27.5. The molecule has 5 nitrogen and oxygen atoms in total. The summed E-state index contributed by atoms with van der Waals surface area (Å²) in [6.07, 6.45) is 0.765. The van der Waals surface area contributed by atoms with Gasteiger partial charge in [-0.15, -0.1) is 0 Å². The number of anilines is 1. The second-order valence-electron chi connectivity index (χ2n) is 8.29. The summed E-state index contributed by atoms with van der Waals surface area (Å²) >= 11 is 15.9. The van der Waals surface area contributed by atoms with Crippen LogP contribution in [0, 0.1) is 0 Å². The van der Waals surface area contributed by atoms with Gasteiger partial charge in [0.2, 0.25) is 10.0 Å².